The third kappa shape index (κ3) is 6.03. The summed E-state index contributed by atoms with van der Waals surface area (Å²) in [5.41, 5.74) is 4.08. The molecule has 4 nitrogen and oxygen atoms in total. The van der Waals surface area contributed by atoms with Gasteiger partial charge in [-0.1, -0.05) is 23.7 Å². The van der Waals surface area contributed by atoms with Crippen molar-refractivity contribution < 1.29 is 23.1 Å². The standard InChI is InChI=1S/C21H22ClF3N2O.CH4O/c1-13-5-15(9-27-10-16(11-27)12-28)6-14(2)18(13)4-3-17-7-19(21(23,24)25)20(22)8-26-17;1-2/h5-8,12,16H,3-4,9-11H2,1-2H3;2H,1H3. The van der Waals surface area contributed by atoms with Gasteiger partial charge in [0.15, 0.2) is 0 Å². The zero-order valence-electron chi connectivity index (χ0n) is 17.3. The minimum Gasteiger partial charge on any atom is -0.400 e. The van der Waals surface area contributed by atoms with Crippen LogP contribution in [-0.2, 0) is 30.4 Å². The Morgan fingerprint density at radius 3 is 2.30 bits per heavy atom. The third-order valence-corrected chi connectivity index (χ3v) is 5.49. The predicted octanol–water partition coefficient (Wildman–Crippen LogP) is 4.40. The zero-order chi connectivity index (χ0) is 22.5. The molecule has 2 aromatic rings. The topological polar surface area (TPSA) is 53.4 Å². The highest BCUT2D eigenvalue weighted by Crippen LogP contribution is 2.34. The van der Waals surface area contributed by atoms with Crippen molar-refractivity contribution in [3.05, 3.63) is 62.9 Å². The van der Waals surface area contributed by atoms with Gasteiger partial charge in [0.25, 0.3) is 0 Å². The highest BCUT2D eigenvalue weighted by atomic mass is 35.5. The molecular formula is C22H26ClF3N2O2. The molecule has 1 N–H and O–H groups in total. The summed E-state index contributed by atoms with van der Waals surface area (Å²) in [4.78, 5) is 17.0. The molecule has 0 bridgehead atoms. The third-order valence-electron chi connectivity index (χ3n) is 5.19. The molecule has 164 valence electrons. The summed E-state index contributed by atoms with van der Waals surface area (Å²) in [6.07, 6.45) is -1.38. The van der Waals surface area contributed by atoms with Crippen molar-refractivity contribution in [3.63, 3.8) is 0 Å². The lowest BCUT2D eigenvalue weighted by Crippen LogP contribution is -2.46. The van der Waals surface area contributed by atoms with E-state index in [0.29, 0.717) is 18.5 Å². The van der Waals surface area contributed by atoms with Gasteiger partial charge in [-0.2, -0.15) is 13.2 Å². The molecule has 0 unspecified atom stereocenters. The minimum absolute atomic E-state index is 0.148. The number of aliphatic hydroxyl groups is 1. The first-order chi connectivity index (χ1) is 14.2. The molecule has 2 heterocycles. The summed E-state index contributed by atoms with van der Waals surface area (Å²) in [6, 6.07) is 5.27. The second kappa shape index (κ2) is 10.4. The lowest BCUT2D eigenvalue weighted by atomic mass is 9.94. The fourth-order valence-corrected chi connectivity index (χ4v) is 3.95. The van der Waals surface area contributed by atoms with Gasteiger partial charge in [0.05, 0.1) is 10.6 Å². The Bertz CT molecular complexity index is 858. The summed E-state index contributed by atoms with van der Waals surface area (Å²) in [6.45, 7) is 6.44. The van der Waals surface area contributed by atoms with Crippen LogP contribution in [0.4, 0.5) is 13.2 Å². The van der Waals surface area contributed by atoms with E-state index >= 15 is 0 Å². The average molecular weight is 443 g/mol. The molecule has 8 heteroatoms. The fourth-order valence-electron chi connectivity index (χ4n) is 3.74. The van der Waals surface area contributed by atoms with Crippen molar-refractivity contribution in [2.75, 3.05) is 20.2 Å². The van der Waals surface area contributed by atoms with E-state index in [0.717, 1.165) is 62.0 Å². The Labute approximate surface area is 179 Å². The lowest BCUT2D eigenvalue weighted by molar-refractivity contribution is -0.137. The quantitative estimate of drug-likeness (QED) is 0.674. The number of carbonyl (C=O) groups is 1. The number of aromatic nitrogens is 1. The van der Waals surface area contributed by atoms with Crippen LogP contribution in [-0.4, -0.2) is 41.5 Å². The molecule has 1 aliphatic heterocycles. The highest BCUT2D eigenvalue weighted by Gasteiger charge is 2.33. The lowest BCUT2D eigenvalue weighted by Gasteiger charge is -2.36. The summed E-state index contributed by atoms with van der Waals surface area (Å²) in [5, 5.41) is 6.62. The summed E-state index contributed by atoms with van der Waals surface area (Å²) in [5.74, 6) is 0.148. The molecule has 1 aromatic carbocycles. The maximum atomic E-state index is 13.0. The van der Waals surface area contributed by atoms with Gasteiger partial charge < -0.3 is 9.90 Å². The number of nitrogens with zero attached hydrogens (tertiary/aromatic N) is 2. The van der Waals surface area contributed by atoms with Crippen molar-refractivity contribution in [1.29, 1.82) is 0 Å². The molecule has 1 aromatic heterocycles. The van der Waals surface area contributed by atoms with Gasteiger partial charge in [-0.3, -0.25) is 9.88 Å². The largest absolute Gasteiger partial charge is 0.417 e. The molecular weight excluding hydrogens is 417 g/mol. The molecule has 3 rings (SSSR count). The number of likely N-dealkylation sites (tertiary alicyclic amines) is 1. The molecule has 0 saturated carbocycles. The van der Waals surface area contributed by atoms with Gasteiger partial charge in [0.1, 0.15) is 6.29 Å². The van der Waals surface area contributed by atoms with Crippen molar-refractivity contribution in [3.8, 4) is 0 Å². The Morgan fingerprint density at radius 2 is 1.77 bits per heavy atom. The maximum Gasteiger partial charge on any atom is 0.417 e. The second-order valence-electron chi connectivity index (χ2n) is 7.45. The monoisotopic (exact) mass is 442 g/mol. The molecule has 0 amide bonds. The molecule has 0 aliphatic carbocycles. The van der Waals surface area contributed by atoms with Crippen LogP contribution in [0.1, 0.15) is 33.5 Å². The van der Waals surface area contributed by atoms with Crippen molar-refractivity contribution in [2.24, 2.45) is 5.92 Å². The number of aliphatic hydroxyl groups excluding tert-OH is 1. The zero-order valence-corrected chi connectivity index (χ0v) is 18.0. The first-order valence-electron chi connectivity index (χ1n) is 9.60. The van der Waals surface area contributed by atoms with Gasteiger partial charge in [-0.15, -0.1) is 0 Å². The van der Waals surface area contributed by atoms with E-state index in [-0.39, 0.29) is 10.9 Å². The summed E-state index contributed by atoms with van der Waals surface area (Å²) < 4.78 is 39.0. The normalized spacial score (nSPS) is 14.7. The van der Waals surface area contributed by atoms with Crippen molar-refractivity contribution in [2.45, 2.75) is 39.4 Å². The molecule has 30 heavy (non-hydrogen) atoms. The summed E-state index contributed by atoms with van der Waals surface area (Å²) >= 11 is 5.64. The number of pyridine rings is 1. The number of hydrogen-bond donors (Lipinski definition) is 1. The molecule has 1 aliphatic rings. The van der Waals surface area contributed by atoms with Crippen LogP contribution in [0.25, 0.3) is 0 Å². The van der Waals surface area contributed by atoms with Crippen LogP contribution in [0.5, 0.6) is 0 Å². The molecule has 1 fully saturated rings. The van der Waals surface area contributed by atoms with Crippen molar-refractivity contribution in [1.82, 2.24) is 9.88 Å². The van der Waals surface area contributed by atoms with Crippen LogP contribution >= 0.6 is 11.6 Å². The molecule has 0 spiro atoms. The number of carbonyl (C=O) groups excluding carboxylic acids is 1. The molecule has 0 atom stereocenters. The van der Waals surface area contributed by atoms with E-state index in [1.165, 1.54) is 5.56 Å². The van der Waals surface area contributed by atoms with Crippen LogP contribution in [0, 0.1) is 19.8 Å². The van der Waals surface area contributed by atoms with Crippen LogP contribution in [0.3, 0.4) is 0 Å². The van der Waals surface area contributed by atoms with Crippen molar-refractivity contribution >= 4 is 17.9 Å². The number of aryl methyl sites for hydroxylation is 3. The number of halogens is 4. The Kier molecular flexibility index (Phi) is 8.41. The number of benzene rings is 1. The number of alkyl halides is 3. The van der Waals surface area contributed by atoms with E-state index in [2.05, 4.69) is 22.0 Å². The van der Waals surface area contributed by atoms with Gasteiger partial charge in [-0.05, 0) is 55.0 Å². The summed E-state index contributed by atoms with van der Waals surface area (Å²) in [7, 11) is 1.00. The number of aldehydes is 1. The highest BCUT2D eigenvalue weighted by molar-refractivity contribution is 6.31. The maximum absolute atomic E-state index is 13.0. The first-order valence-corrected chi connectivity index (χ1v) is 9.98. The minimum atomic E-state index is -4.48. The van der Waals surface area contributed by atoms with Gasteiger partial charge in [0, 0.05) is 44.6 Å². The molecule has 0 radical (unpaired) electrons. The van der Waals surface area contributed by atoms with Gasteiger partial charge in [0.2, 0.25) is 0 Å². The second-order valence-corrected chi connectivity index (χ2v) is 7.86. The Balaban J connectivity index is 0.00000155. The van der Waals surface area contributed by atoms with E-state index in [1.54, 1.807) is 0 Å². The van der Waals surface area contributed by atoms with Crippen LogP contribution in [0.2, 0.25) is 5.02 Å². The Hall–Kier alpha value is -1.96. The van der Waals surface area contributed by atoms with Crippen LogP contribution < -0.4 is 0 Å². The predicted molar refractivity (Wildman–Crippen MR) is 111 cm³/mol. The fraction of sp³-hybridized carbons (Fsp3) is 0.455. The van der Waals surface area contributed by atoms with Crippen LogP contribution in [0.15, 0.2) is 24.4 Å². The SMILES string of the molecule is CO.Cc1cc(CN2CC(C=O)C2)cc(C)c1CCc1cc(C(F)(F)F)c(Cl)cn1. The van der Waals surface area contributed by atoms with E-state index in [4.69, 9.17) is 16.7 Å². The van der Waals surface area contributed by atoms with E-state index in [1.807, 2.05) is 13.8 Å². The van der Waals surface area contributed by atoms with E-state index in [9.17, 15) is 18.0 Å². The Morgan fingerprint density at radius 1 is 1.17 bits per heavy atom. The van der Waals surface area contributed by atoms with Gasteiger partial charge >= 0.3 is 6.18 Å². The van der Waals surface area contributed by atoms with E-state index < -0.39 is 11.7 Å². The smallest absolute Gasteiger partial charge is 0.400 e. The van der Waals surface area contributed by atoms with Gasteiger partial charge in [-0.25, -0.2) is 0 Å². The average Bonchev–Trinajstić information content (AvgIpc) is 2.65. The number of hydrogen-bond acceptors (Lipinski definition) is 4. The molecule has 1 saturated heterocycles. The first kappa shape index (κ1) is 24.3. The number of rotatable bonds is 6.